The van der Waals surface area contributed by atoms with Crippen molar-refractivity contribution in [3.63, 3.8) is 0 Å². The van der Waals surface area contributed by atoms with Crippen molar-refractivity contribution in [2.45, 2.75) is 57.3 Å². The minimum Gasteiger partial charge on any atom is -0.352 e. The van der Waals surface area contributed by atoms with E-state index in [-0.39, 0.29) is 5.91 Å². The number of thioether (sulfide) groups is 1. The van der Waals surface area contributed by atoms with E-state index in [2.05, 4.69) is 22.4 Å². The Morgan fingerprint density at radius 3 is 2.88 bits per heavy atom. The Kier molecular flexibility index (Phi) is 6.59. The van der Waals surface area contributed by atoms with Gasteiger partial charge in [-0.1, -0.05) is 55.3 Å². The van der Waals surface area contributed by atoms with Gasteiger partial charge in [0, 0.05) is 23.2 Å². The van der Waals surface area contributed by atoms with Gasteiger partial charge < -0.3 is 9.88 Å². The molecule has 0 bridgehead atoms. The predicted molar refractivity (Wildman–Crippen MR) is 106 cm³/mol. The molecule has 5 nitrogen and oxygen atoms in total. The van der Waals surface area contributed by atoms with Crippen molar-refractivity contribution in [2.75, 3.05) is 5.75 Å². The van der Waals surface area contributed by atoms with E-state index < -0.39 is 0 Å². The van der Waals surface area contributed by atoms with E-state index in [1.165, 1.54) is 31.0 Å². The Balaban J connectivity index is 1.64. The minimum absolute atomic E-state index is 0.0729. The second kappa shape index (κ2) is 8.91. The number of amides is 1. The Morgan fingerprint density at radius 2 is 2.15 bits per heavy atom. The average Bonchev–Trinajstić information content (AvgIpc) is 3.05. The smallest absolute Gasteiger partial charge is 0.230 e. The first-order valence-corrected chi connectivity index (χ1v) is 10.6. The van der Waals surface area contributed by atoms with Crippen LogP contribution in [0.4, 0.5) is 0 Å². The quantitative estimate of drug-likeness (QED) is 0.740. The third-order valence-electron chi connectivity index (χ3n) is 4.91. The van der Waals surface area contributed by atoms with E-state index in [4.69, 9.17) is 11.6 Å². The summed E-state index contributed by atoms with van der Waals surface area (Å²) in [5.41, 5.74) is 0.930. The summed E-state index contributed by atoms with van der Waals surface area (Å²) in [4.78, 5) is 12.3. The Morgan fingerprint density at radius 1 is 1.35 bits per heavy atom. The van der Waals surface area contributed by atoms with Gasteiger partial charge in [0.1, 0.15) is 0 Å². The highest BCUT2D eigenvalue weighted by molar-refractivity contribution is 7.99. The molecular formula is C19H25ClN4OS. The largest absolute Gasteiger partial charge is 0.352 e. The van der Waals surface area contributed by atoms with Crippen molar-refractivity contribution < 1.29 is 4.79 Å². The maximum Gasteiger partial charge on any atom is 0.230 e. The zero-order valence-corrected chi connectivity index (χ0v) is 16.8. The molecule has 1 heterocycles. The number of carbonyl (C=O) groups excluding carboxylic acids is 1. The summed E-state index contributed by atoms with van der Waals surface area (Å²) in [6.07, 6.45) is 4.76. The van der Waals surface area contributed by atoms with E-state index in [1.807, 2.05) is 35.8 Å². The van der Waals surface area contributed by atoms with Crippen LogP contribution in [0, 0.1) is 5.92 Å². The van der Waals surface area contributed by atoms with Crippen LogP contribution in [0.2, 0.25) is 5.02 Å². The number of carbonyl (C=O) groups is 1. The van der Waals surface area contributed by atoms with Gasteiger partial charge in [-0.05, 0) is 37.8 Å². The average molecular weight is 393 g/mol. The lowest BCUT2D eigenvalue weighted by molar-refractivity contribution is -0.119. The summed E-state index contributed by atoms with van der Waals surface area (Å²) in [5.74, 6) is 1.77. The van der Waals surface area contributed by atoms with Crippen LogP contribution in [0.3, 0.4) is 0 Å². The molecule has 1 aliphatic carbocycles. The molecular weight excluding hydrogens is 368 g/mol. The molecule has 1 N–H and O–H groups in total. The topological polar surface area (TPSA) is 59.8 Å². The van der Waals surface area contributed by atoms with Gasteiger partial charge in [-0.25, -0.2) is 0 Å². The molecule has 0 aliphatic heterocycles. The lowest BCUT2D eigenvalue weighted by atomic mass is 9.86. The van der Waals surface area contributed by atoms with Crippen molar-refractivity contribution in [2.24, 2.45) is 5.92 Å². The third-order valence-corrected chi connectivity index (χ3v) is 6.11. The lowest BCUT2D eigenvalue weighted by Crippen LogP contribution is -2.41. The maximum atomic E-state index is 12.3. The highest BCUT2D eigenvalue weighted by Crippen LogP contribution is 2.26. The van der Waals surface area contributed by atoms with Crippen molar-refractivity contribution in [1.29, 1.82) is 0 Å². The minimum atomic E-state index is 0.0729. The second-order valence-corrected chi connectivity index (χ2v) is 8.16. The van der Waals surface area contributed by atoms with Crippen molar-refractivity contribution in [1.82, 2.24) is 20.1 Å². The SMILES string of the molecule is CCn1c(SCC(=O)N[C@@H]2CCCC[C@@H]2C)nnc1-c1cccc(Cl)c1. The van der Waals surface area contributed by atoms with Crippen molar-refractivity contribution >= 4 is 29.3 Å². The molecule has 3 rings (SSSR count). The summed E-state index contributed by atoms with van der Waals surface area (Å²) < 4.78 is 2.02. The summed E-state index contributed by atoms with van der Waals surface area (Å²) >= 11 is 7.52. The Hall–Kier alpha value is -1.53. The van der Waals surface area contributed by atoms with Gasteiger partial charge in [-0.2, -0.15) is 0 Å². The van der Waals surface area contributed by atoms with E-state index in [9.17, 15) is 4.79 Å². The molecule has 140 valence electrons. The van der Waals surface area contributed by atoms with Crippen LogP contribution in [0.1, 0.15) is 39.5 Å². The van der Waals surface area contributed by atoms with Crippen LogP contribution in [0.15, 0.2) is 29.4 Å². The first kappa shape index (κ1) is 19.2. The third kappa shape index (κ3) is 4.60. The number of aromatic nitrogens is 3. The summed E-state index contributed by atoms with van der Waals surface area (Å²) in [5, 5.41) is 13.2. The zero-order valence-electron chi connectivity index (χ0n) is 15.2. The van der Waals surface area contributed by atoms with Crippen LogP contribution in [-0.2, 0) is 11.3 Å². The first-order chi connectivity index (χ1) is 12.6. The van der Waals surface area contributed by atoms with Crippen molar-refractivity contribution in [3.05, 3.63) is 29.3 Å². The summed E-state index contributed by atoms with van der Waals surface area (Å²) in [6, 6.07) is 7.89. The number of benzene rings is 1. The summed E-state index contributed by atoms with van der Waals surface area (Å²) in [7, 11) is 0. The number of nitrogens with zero attached hydrogens (tertiary/aromatic N) is 3. The molecule has 0 saturated heterocycles. The molecule has 1 saturated carbocycles. The van der Waals surface area contributed by atoms with Gasteiger partial charge >= 0.3 is 0 Å². The predicted octanol–water partition coefficient (Wildman–Crippen LogP) is 4.41. The molecule has 0 radical (unpaired) electrons. The molecule has 2 atom stereocenters. The van der Waals surface area contributed by atoms with Crippen LogP contribution < -0.4 is 5.32 Å². The summed E-state index contributed by atoms with van der Waals surface area (Å²) in [6.45, 7) is 5.01. The fourth-order valence-electron chi connectivity index (χ4n) is 3.43. The van der Waals surface area contributed by atoms with Crippen molar-refractivity contribution in [3.8, 4) is 11.4 Å². The molecule has 2 aromatic rings. The van der Waals surface area contributed by atoms with Gasteiger partial charge in [-0.15, -0.1) is 10.2 Å². The first-order valence-electron chi connectivity index (χ1n) is 9.19. The molecule has 26 heavy (non-hydrogen) atoms. The van der Waals surface area contributed by atoms with Gasteiger partial charge in [0.2, 0.25) is 5.91 Å². The monoisotopic (exact) mass is 392 g/mol. The normalized spacial score (nSPS) is 20.1. The molecule has 1 aromatic carbocycles. The number of rotatable bonds is 6. The molecule has 0 spiro atoms. The Labute approximate surface area is 163 Å². The van der Waals surface area contributed by atoms with Crippen LogP contribution in [0.5, 0.6) is 0 Å². The van der Waals surface area contributed by atoms with E-state index in [1.54, 1.807) is 0 Å². The van der Waals surface area contributed by atoms with Gasteiger partial charge in [0.05, 0.1) is 5.75 Å². The standard InChI is InChI=1S/C19H25ClN4OS/c1-3-24-18(14-8-6-9-15(20)11-14)22-23-19(24)26-12-17(25)21-16-10-5-4-7-13(16)2/h6,8-9,11,13,16H,3-5,7,10,12H2,1-2H3,(H,21,25)/t13-,16+/m0/s1. The van der Waals surface area contributed by atoms with E-state index in [0.717, 1.165) is 29.5 Å². The zero-order chi connectivity index (χ0) is 18.5. The highest BCUT2D eigenvalue weighted by atomic mass is 35.5. The number of hydrogen-bond donors (Lipinski definition) is 1. The molecule has 1 amide bonds. The van der Waals surface area contributed by atoms with Gasteiger partial charge in [0.15, 0.2) is 11.0 Å². The number of nitrogens with one attached hydrogen (secondary N) is 1. The lowest BCUT2D eigenvalue weighted by Gasteiger charge is -2.29. The van der Waals surface area contributed by atoms with Gasteiger partial charge in [0.25, 0.3) is 0 Å². The van der Waals surface area contributed by atoms with Crippen LogP contribution in [-0.4, -0.2) is 32.5 Å². The number of halogens is 1. The Bertz CT molecular complexity index is 764. The fraction of sp³-hybridized carbons (Fsp3) is 0.526. The molecule has 1 fully saturated rings. The van der Waals surface area contributed by atoms with E-state index in [0.29, 0.717) is 22.7 Å². The highest BCUT2D eigenvalue weighted by Gasteiger charge is 2.23. The van der Waals surface area contributed by atoms with Crippen LogP contribution in [0.25, 0.3) is 11.4 Å². The molecule has 1 aromatic heterocycles. The fourth-order valence-corrected chi connectivity index (χ4v) is 4.43. The molecule has 7 heteroatoms. The number of hydrogen-bond acceptors (Lipinski definition) is 4. The van der Waals surface area contributed by atoms with Crippen LogP contribution >= 0.6 is 23.4 Å². The molecule has 1 aliphatic rings. The van der Waals surface area contributed by atoms with E-state index >= 15 is 0 Å². The second-order valence-electron chi connectivity index (χ2n) is 6.79. The maximum absolute atomic E-state index is 12.3. The molecule has 0 unspecified atom stereocenters. The van der Waals surface area contributed by atoms with Gasteiger partial charge in [-0.3, -0.25) is 4.79 Å².